The van der Waals surface area contributed by atoms with E-state index in [0.29, 0.717) is 0 Å². The highest BCUT2D eigenvalue weighted by atomic mass is 32.2. The second-order valence-electron chi connectivity index (χ2n) is 3.82. The van der Waals surface area contributed by atoms with Crippen LogP contribution in [0.3, 0.4) is 0 Å². The maximum Gasteiger partial charge on any atom is 0.0372 e. The van der Waals surface area contributed by atoms with Gasteiger partial charge in [-0.25, -0.2) is 0 Å². The van der Waals surface area contributed by atoms with Gasteiger partial charge >= 0.3 is 0 Å². The molecule has 1 aromatic heterocycles. The highest BCUT2D eigenvalue weighted by Gasteiger charge is 1.98. The van der Waals surface area contributed by atoms with Gasteiger partial charge in [-0.3, -0.25) is 4.98 Å². The van der Waals surface area contributed by atoms with Crippen LogP contribution in [0.1, 0.15) is 24.6 Å². The van der Waals surface area contributed by atoms with Gasteiger partial charge in [0.15, 0.2) is 0 Å². The van der Waals surface area contributed by atoms with Gasteiger partial charge in [0.1, 0.15) is 0 Å². The van der Waals surface area contributed by atoms with Gasteiger partial charge in [0.05, 0.1) is 0 Å². The normalized spacial score (nSPS) is 12.7. The van der Waals surface area contributed by atoms with Crippen LogP contribution in [-0.4, -0.2) is 23.0 Å². The minimum atomic E-state index is 0.744. The van der Waals surface area contributed by atoms with Crippen molar-refractivity contribution in [3.63, 3.8) is 0 Å². The van der Waals surface area contributed by atoms with Crippen LogP contribution in [0.4, 0.5) is 0 Å². The van der Waals surface area contributed by atoms with E-state index in [9.17, 15) is 0 Å². The lowest BCUT2D eigenvalue weighted by Gasteiger charge is -2.08. The van der Waals surface area contributed by atoms with Crippen molar-refractivity contribution in [3.8, 4) is 0 Å². The third kappa shape index (κ3) is 5.19. The van der Waals surface area contributed by atoms with Crippen molar-refractivity contribution >= 4 is 11.8 Å². The van der Waals surface area contributed by atoms with Crippen LogP contribution in [0.2, 0.25) is 0 Å². The first-order valence-corrected chi connectivity index (χ1v) is 6.66. The number of hydrogen-bond acceptors (Lipinski definition) is 3. The molecule has 0 amide bonds. The SMILES string of the molecule is CSC(C)CCNCc1ccc(C)nc1. The van der Waals surface area contributed by atoms with Crippen LogP contribution in [0.25, 0.3) is 0 Å². The van der Waals surface area contributed by atoms with Crippen molar-refractivity contribution in [2.75, 3.05) is 12.8 Å². The predicted octanol–water partition coefficient (Wildman–Crippen LogP) is 2.62. The molecule has 1 atom stereocenters. The lowest BCUT2D eigenvalue weighted by Crippen LogP contribution is -2.17. The Morgan fingerprint density at radius 3 is 2.87 bits per heavy atom. The van der Waals surface area contributed by atoms with Gasteiger partial charge in [-0.05, 0) is 37.8 Å². The number of pyridine rings is 1. The number of aromatic nitrogens is 1. The van der Waals surface area contributed by atoms with Crippen molar-refractivity contribution < 1.29 is 0 Å². The van der Waals surface area contributed by atoms with Gasteiger partial charge in [0, 0.05) is 23.7 Å². The van der Waals surface area contributed by atoms with E-state index in [1.165, 1.54) is 12.0 Å². The standard InChI is InChI=1S/C12H20N2S/c1-10-4-5-12(9-14-10)8-13-7-6-11(2)15-3/h4-5,9,11,13H,6-8H2,1-3H3. The minimum absolute atomic E-state index is 0.744. The summed E-state index contributed by atoms with van der Waals surface area (Å²) in [6.07, 6.45) is 5.33. The molecule has 0 radical (unpaired) electrons. The molecule has 0 saturated carbocycles. The van der Waals surface area contributed by atoms with Gasteiger partial charge in [0.2, 0.25) is 0 Å². The van der Waals surface area contributed by atoms with Crippen LogP contribution >= 0.6 is 11.8 Å². The Morgan fingerprint density at radius 2 is 2.27 bits per heavy atom. The molecule has 0 aromatic carbocycles. The molecule has 0 aliphatic carbocycles. The molecule has 0 aliphatic rings. The zero-order chi connectivity index (χ0) is 11.1. The summed E-state index contributed by atoms with van der Waals surface area (Å²) in [4.78, 5) is 4.27. The maximum atomic E-state index is 4.27. The van der Waals surface area contributed by atoms with Crippen molar-refractivity contribution in [1.29, 1.82) is 0 Å². The highest BCUT2D eigenvalue weighted by Crippen LogP contribution is 2.08. The fourth-order valence-electron chi connectivity index (χ4n) is 1.26. The zero-order valence-electron chi connectivity index (χ0n) is 9.79. The molecule has 15 heavy (non-hydrogen) atoms. The number of hydrogen-bond donors (Lipinski definition) is 1. The maximum absolute atomic E-state index is 4.27. The summed E-state index contributed by atoms with van der Waals surface area (Å²) < 4.78 is 0. The summed E-state index contributed by atoms with van der Waals surface area (Å²) in [5, 5.41) is 4.18. The molecule has 0 saturated heterocycles. The Kier molecular flexibility index (Phi) is 5.73. The number of nitrogens with zero attached hydrogens (tertiary/aromatic N) is 1. The Hall–Kier alpha value is -0.540. The molecule has 2 nitrogen and oxygen atoms in total. The first-order chi connectivity index (χ1) is 7.22. The largest absolute Gasteiger partial charge is 0.313 e. The van der Waals surface area contributed by atoms with Gasteiger partial charge in [-0.15, -0.1) is 0 Å². The molecule has 0 fully saturated rings. The van der Waals surface area contributed by atoms with Crippen LogP contribution in [0.15, 0.2) is 18.3 Å². The van der Waals surface area contributed by atoms with Crippen LogP contribution in [0.5, 0.6) is 0 Å². The second-order valence-corrected chi connectivity index (χ2v) is 5.10. The number of thioether (sulfide) groups is 1. The summed E-state index contributed by atoms with van der Waals surface area (Å²) in [5.74, 6) is 0. The average molecular weight is 224 g/mol. The van der Waals surface area contributed by atoms with E-state index in [1.807, 2.05) is 24.9 Å². The second kappa shape index (κ2) is 6.85. The molecular formula is C12H20N2S. The summed E-state index contributed by atoms with van der Waals surface area (Å²) in [7, 11) is 0. The summed E-state index contributed by atoms with van der Waals surface area (Å²) >= 11 is 1.92. The molecule has 1 rings (SSSR count). The van der Waals surface area contributed by atoms with E-state index < -0.39 is 0 Å². The Morgan fingerprint density at radius 1 is 1.47 bits per heavy atom. The summed E-state index contributed by atoms with van der Waals surface area (Å²) in [5.41, 5.74) is 2.34. The molecule has 1 N–H and O–H groups in total. The van der Waals surface area contributed by atoms with Crippen LogP contribution < -0.4 is 5.32 Å². The first-order valence-electron chi connectivity index (χ1n) is 5.37. The molecule has 0 aliphatic heterocycles. The fourth-order valence-corrected chi connectivity index (χ4v) is 1.61. The van der Waals surface area contributed by atoms with E-state index >= 15 is 0 Å². The van der Waals surface area contributed by atoms with Gasteiger partial charge in [0.25, 0.3) is 0 Å². The zero-order valence-corrected chi connectivity index (χ0v) is 10.6. The molecule has 84 valence electrons. The summed E-state index contributed by atoms with van der Waals surface area (Å²) in [6.45, 7) is 6.28. The van der Waals surface area contributed by atoms with Gasteiger partial charge in [-0.1, -0.05) is 13.0 Å². The van der Waals surface area contributed by atoms with Gasteiger partial charge in [-0.2, -0.15) is 11.8 Å². The molecule has 0 spiro atoms. The Bertz CT molecular complexity index is 271. The summed E-state index contributed by atoms with van der Waals surface area (Å²) in [6, 6.07) is 4.19. The molecule has 3 heteroatoms. The quantitative estimate of drug-likeness (QED) is 0.752. The van der Waals surface area contributed by atoms with Gasteiger partial charge < -0.3 is 5.32 Å². The molecule has 1 heterocycles. The number of aryl methyl sites for hydroxylation is 1. The smallest absolute Gasteiger partial charge is 0.0372 e. The van der Waals surface area contributed by atoms with Crippen molar-refractivity contribution in [2.45, 2.75) is 32.1 Å². The van der Waals surface area contributed by atoms with Crippen LogP contribution in [-0.2, 0) is 6.54 Å². The lowest BCUT2D eigenvalue weighted by atomic mass is 10.2. The third-order valence-electron chi connectivity index (χ3n) is 2.43. The van der Waals surface area contributed by atoms with Crippen molar-refractivity contribution in [2.24, 2.45) is 0 Å². The monoisotopic (exact) mass is 224 g/mol. The Balaban J connectivity index is 2.17. The third-order valence-corrected chi connectivity index (χ3v) is 3.47. The average Bonchev–Trinajstić information content (AvgIpc) is 2.26. The first kappa shape index (κ1) is 12.5. The van der Waals surface area contributed by atoms with E-state index in [1.54, 1.807) is 0 Å². The lowest BCUT2D eigenvalue weighted by molar-refractivity contribution is 0.647. The molecule has 1 unspecified atom stereocenters. The highest BCUT2D eigenvalue weighted by molar-refractivity contribution is 7.99. The van der Waals surface area contributed by atoms with Crippen LogP contribution in [0, 0.1) is 6.92 Å². The van der Waals surface area contributed by atoms with E-state index in [2.05, 4.69) is 35.6 Å². The van der Waals surface area contributed by atoms with Crippen molar-refractivity contribution in [3.05, 3.63) is 29.6 Å². The number of nitrogens with one attached hydrogen (secondary N) is 1. The Labute approximate surface area is 96.9 Å². The predicted molar refractivity (Wildman–Crippen MR) is 68.3 cm³/mol. The number of rotatable bonds is 6. The fraction of sp³-hybridized carbons (Fsp3) is 0.583. The topological polar surface area (TPSA) is 24.9 Å². The molecule has 0 bridgehead atoms. The van der Waals surface area contributed by atoms with Crippen molar-refractivity contribution in [1.82, 2.24) is 10.3 Å². The van der Waals surface area contributed by atoms with E-state index in [0.717, 1.165) is 24.0 Å². The molecule has 1 aromatic rings. The molecular weight excluding hydrogens is 204 g/mol. The van der Waals surface area contributed by atoms with E-state index in [-0.39, 0.29) is 0 Å². The minimum Gasteiger partial charge on any atom is -0.313 e. The van der Waals surface area contributed by atoms with E-state index in [4.69, 9.17) is 0 Å².